The summed E-state index contributed by atoms with van der Waals surface area (Å²) >= 11 is 0. The molecule has 3 rings (SSSR count). The molecule has 4 heteroatoms. The summed E-state index contributed by atoms with van der Waals surface area (Å²) in [6.45, 7) is 2.92. The standard InChI is InChI=1S/C16H20N4/c1-12-18-16(20-19-12)14-9-5-6-10-15(14)17-11-13-7-3-2-4-8-13/h2-3,5-6,9-10,13,17H,4,7-8,11H2,1H3,(H,18,19,20). The molecule has 1 atom stereocenters. The SMILES string of the molecule is Cc1nc(-c2ccccc2NCC2CC=CCC2)n[nH]1. The zero-order valence-corrected chi connectivity index (χ0v) is 11.8. The Bertz CT molecular complexity index is 600. The number of nitrogens with zero attached hydrogens (tertiary/aromatic N) is 2. The molecule has 0 fully saturated rings. The maximum absolute atomic E-state index is 4.42. The highest BCUT2D eigenvalue weighted by Crippen LogP contribution is 2.26. The van der Waals surface area contributed by atoms with Crippen molar-refractivity contribution in [1.82, 2.24) is 15.2 Å². The summed E-state index contributed by atoms with van der Waals surface area (Å²) in [6.07, 6.45) is 8.22. The van der Waals surface area contributed by atoms with Gasteiger partial charge in [0, 0.05) is 17.8 Å². The van der Waals surface area contributed by atoms with Gasteiger partial charge in [0.2, 0.25) is 0 Å². The van der Waals surface area contributed by atoms with E-state index in [1.807, 2.05) is 19.1 Å². The van der Waals surface area contributed by atoms with Gasteiger partial charge in [0.05, 0.1) is 0 Å². The van der Waals surface area contributed by atoms with Crippen molar-refractivity contribution in [2.24, 2.45) is 5.92 Å². The van der Waals surface area contributed by atoms with Gasteiger partial charge in [-0.2, -0.15) is 5.10 Å². The lowest BCUT2D eigenvalue weighted by molar-refractivity contribution is 0.504. The summed E-state index contributed by atoms with van der Waals surface area (Å²) in [5.41, 5.74) is 2.17. The molecule has 0 saturated heterocycles. The number of H-pyrrole nitrogens is 1. The minimum absolute atomic E-state index is 0.724. The topological polar surface area (TPSA) is 53.6 Å². The fourth-order valence-electron chi connectivity index (χ4n) is 2.59. The van der Waals surface area contributed by atoms with Crippen LogP contribution in [-0.2, 0) is 0 Å². The molecule has 1 aromatic carbocycles. The number of aryl methyl sites for hydroxylation is 1. The van der Waals surface area contributed by atoms with E-state index in [1.165, 1.54) is 19.3 Å². The average Bonchev–Trinajstić information content (AvgIpc) is 2.93. The van der Waals surface area contributed by atoms with E-state index in [2.05, 4.69) is 44.8 Å². The van der Waals surface area contributed by atoms with E-state index in [0.717, 1.165) is 35.4 Å². The van der Waals surface area contributed by atoms with Gasteiger partial charge in [-0.05, 0) is 44.2 Å². The quantitative estimate of drug-likeness (QED) is 0.834. The lowest BCUT2D eigenvalue weighted by Crippen LogP contribution is -2.15. The van der Waals surface area contributed by atoms with Gasteiger partial charge in [0.1, 0.15) is 5.82 Å². The Kier molecular flexibility index (Phi) is 3.81. The van der Waals surface area contributed by atoms with E-state index in [1.54, 1.807) is 0 Å². The highest BCUT2D eigenvalue weighted by molar-refractivity contribution is 5.73. The third-order valence-electron chi connectivity index (χ3n) is 3.72. The molecule has 1 heterocycles. The first-order valence-corrected chi connectivity index (χ1v) is 7.20. The minimum atomic E-state index is 0.724. The van der Waals surface area contributed by atoms with Crippen LogP contribution in [0.3, 0.4) is 0 Å². The van der Waals surface area contributed by atoms with E-state index in [-0.39, 0.29) is 0 Å². The molecule has 0 aliphatic heterocycles. The number of hydrogen-bond donors (Lipinski definition) is 2. The van der Waals surface area contributed by atoms with Crippen LogP contribution < -0.4 is 5.32 Å². The van der Waals surface area contributed by atoms with Gasteiger partial charge in [-0.25, -0.2) is 4.98 Å². The highest BCUT2D eigenvalue weighted by Gasteiger charge is 2.12. The fraction of sp³-hybridized carbons (Fsp3) is 0.375. The Hall–Kier alpha value is -2.10. The van der Waals surface area contributed by atoms with Gasteiger partial charge in [0.15, 0.2) is 5.82 Å². The number of nitrogens with one attached hydrogen (secondary N) is 2. The second-order valence-corrected chi connectivity index (χ2v) is 5.32. The fourth-order valence-corrected chi connectivity index (χ4v) is 2.59. The molecule has 2 N–H and O–H groups in total. The molecule has 104 valence electrons. The first-order valence-electron chi connectivity index (χ1n) is 7.20. The Balaban J connectivity index is 1.74. The molecule has 20 heavy (non-hydrogen) atoms. The van der Waals surface area contributed by atoms with Gasteiger partial charge < -0.3 is 5.32 Å². The van der Waals surface area contributed by atoms with Gasteiger partial charge >= 0.3 is 0 Å². The molecule has 2 aromatic rings. The van der Waals surface area contributed by atoms with Crippen LogP contribution in [0.15, 0.2) is 36.4 Å². The van der Waals surface area contributed by atoms with Crippen LogP contribution in [0.5, 0.6) is 0 Å². The monoisotopic (exact) mass is 268 g/mol. The molecule has 0 bridgehead atoms. The first-order chi connectivity index (χ1) is 9.83. The molecule has 1 aromatic heterocycles. The molecule has 4 nitrogen and oxygen atoms in total. The normalized spacial score (nSPS) is 18.1. The van der Waals surface area contributed by atoms with Crippen molar-refractivity contribution in [3.63, 3.8) is 0 Å². The summed E-state index contributed by atoms with van der Waals surface area (Å²) in [7, 11) is 0. The maximum Gasteiger partial charge on any atom is 0.183 e. The first kappa shape index (κ1) is 12.9. The van der Waals surface area contributed by atoms with Crippen molar-refractivity contribution >= 4 is 5.69 Å². The summed E-state index contributed by atoms with van der Waals surface area (Å²) in [4.78, 5) is 4.42. The minimum Gasteiger partial charge on any atom is -0.384 e. The van der Waals surface area contributed by atoms with Crippen molar-refractivity contribution in [3.8, 4) is 11.4 Å². The predicted octanol–water partition coefficient (Wildman–Crippen LogP) is 3.55. The van der Waals surface area contributed by atoms with Crippen LogP contribution in [0.25, 0.3) is 11.4 Å². The van der Waals surface area contributed by atoms with Crippen molar-refractivity contribution in [1.29, 1.82) is 0 Å². The molecule has 1 unspecified atom stereocenters. The summed E-state index contributed by atoms with van der Waals surface area (Å²) in [5.74, 6) is 2.32. The second-order valence-electron chi connectivity index (χ2n) is 5.32. The number of hydrogen-bond acceptors (Lipinski definition) is 3. The third kappa shape index (κ3) is 2.90. The summed E-state index contributed by atoms with van der Waals surface area (Å²) in [6, 6.07) is 8.23. The molecule has 0 radical (unpaired) electrons. The van der Waals surface area contributed by atoms with Gasteiger partial charge in [0.25, 0.3) is 0 Å². The molecule has 0 saturated carbocycles. The maximum atomic E-state index is 4.42. The van der Waals surface area contributed by atoms with E-state index >= 15 is 0 Å². The van der Waals surface area contributed by atoms with E-state index in [4.69, 9.17) is 0 Å². The number of benzene rings is 1. The molecule has 0 amide bonds. The lowest BCUT2D eigenvalue weighted by atomic mass is 9.94. The number of anilines is 1. The number of aromatic amines is 1. The predicted molar refractivity (Wildman–Crippen MR) is 81.5 cm³/mol. The van der Waals surface area contributed by atoms with Gasteiger partial charge in [-0.3, -0.25) is 5.10 Å². The van der Waals surface area contributed by atoms with Crippen LogP contribution in [0.4, 0.5) is 5.69 Å². The zero-order chi connectivity index (χ0) is 13.8. The molecule has 0 spiro atoms. The van der Waals surface area contributed by atoms with Crippen LogP contribution in [0.2, 0.25) is 0 Å². The summed E-state index contributed by atoms with van der Waals surface area (Å²) < 4.78 is 0. The zero-order valence-electron chi connectivity index (χ0n) is 11.8. The van der Waals surface area contributed by atoms with E-state index in [9.17, 15) is 0 Å². The largest absolute Gasteiger partial charge is 0.384 e. The Morgan fingerprint density at radius 1 is 1.30 bits per heavy atom. The van der Waals surface area contributed by atoms with Crippen molar-refractivity contribution in [2.75, 3.05) is 11.9 Å². The van der Waals surface area contributed by atoms with Crippen LogP contribution in [0, 0.1) is 12.8 Å². The van der Waals surface area contributed by atoms with E-state index < -0.39 is 0 Å². The van der Waals surface area contributed by atoms with Crippen LogP contribution >= 0.6 is 0 Å². The Labute approximate surface area is 119 Å². The lowest BCUT2D eigenvalue weighted by Gasteiger charge is -2.19. The van der Waals surface area contributed by atoms with Gasteiger partial charge in [-0.1, -0.05) is 24.3 Å². The molecular weight excluding hydrogens is 248 g/mol. The van der Waals surface area contributed by atoms with Crippen LogP contribution in [0.1, 0.15) is 25.1 Å². The van der Waals surface area contributed by atoms with Crippen molar-refractivity contribution in [2.45, 2.75) is 26.2 Å². The number of aromatic nitrogens is 3. The van der Waals surface area contributed by atoms with Crippen LogP contribution in [-0.4, -0.2) is 21.7 Å². The Morgan fingerprint density at radius 2 is 2.20 bits per heavy atom. The van der Waals surface area contributed by atoms with Gasteiger partial charge in [-0.15, -0.1) is 0 Å². The van der Waals surface area contributed by atoms with E-state index in [0.29, 0.717) is 0 Å². The third-order valence-corrected chi connectivity index (χ3v) is 3.72. The number of para-hydroxylation sites is 1. The molecule has 1 aliphatic rings. The Morgan fingerprint density at radius 3 is 2.95 bits per heavy atom. The number of rotatable bonds is 4. The molecular formula is C16H20N4. The molecule has 1 aliphatic carbocycles. The smallest absolute Gasteiger partial charge is 0.183 e. The van der Waals surface area contributed by atoms with Crippen molar-refractivity contribution < 1.29 is 0 Å². The highest BCUT2D eigenvalue weighted by atomic mass is 15.2. The number of allylic oxidation sites excluding steroid dienone is 2. The second kappa shape index (κ2) is 5.90. The average molecular weight is 268 g/mol. The summed E-state index contributed by atoms with van der Waals surface area (Å²) in [5, 5.41) is 10.7. The van der Waals surface area contributed by atoms with Crippen molar-refractivity contribution in [3.05, 3.63) is 42.2 Å².